The van der Waals surface area contributed by atoms with Crippen LogP contribution in [0.5, 0.6) is 6.01 Å². The molecule has 1 aromatic heterocycles. The van der Waals surface area contributed by atoms with E-state index < -0.39 is 0 Å². The maximum absolute atomic E-state index is 12.1. The molecule has 112 valence electrons. The predicted octanol–water partition coefficient (Wildman–Crippen LogP) is 1.87. The lowest BCUT2D eigenvalue weighted by molar-refractivity contribution is 0.0858. The van der Waals surface area contributed by atoms with Crippen LogP contribution in [-0.2, 0) is 4.74 Å². The number of fused-ring (bicyclic) bond motifs is 1. The third kappa shape index (κ3) is 3.16. The fourth-order valence-corrected chi connectivity index (χ4v) is 2.45. The maximum Gasteiger partial charge on any atom is 0.294 e. The summed E-state index contributed by atoms with van der Waals surface area (Å²) in [6.07, 6.45) is 2.23. The highest BCUT2D eigenvalue weighted by atomic mass is 16.5. The SMILES string of the molecule is CCOc1nc2ccc(C(=O)NCC3CCCO3)cc2[nH]1. The smallest absolute Gasteiger partial charge is 0.294 e. The molecule has 2 N–H and O–H groups in total. The van der Waals surface area contributed by atoms with Gasteiger partial charge in [0, 0.05) is 18.7 Å². The molecule has 2 aromatic rings. The van der Waals surface area contributed by atoms with Gasteiger partial charge in [0.1, 0.15) is 0 Å². The van der Waals surface area contributed by atoms with Crippen molar-refractivity contribution >= 4 is 16.9 Å². The van der Waals surface area contributed by atoms with Crippen LogP contribution in [-0.4, -0.2) is 41.7 Å². The molecule has 1 aromatic carbocycles. The first-order chi connectivity index (χ1) is 10.3. The molecule has 0 spiro atoms. The van der Waals surface area contributed by atoms with Crippen molar-refractivity contribution in [2.45, 2.75) is 25.9 Å². The van der Waals surface area contributed by atoms with Crippen LogP contribution in [0.3, 0.4) is 0 Å². The second-order valence-corrected chi connectivity index (χ2v) is 5.05. The van der Waals surface area contributed by atoms with Gasteiger partial charge >= 0.3 is 0 Å². The Balaban J connectivity index is 1.68. The van der Waals surface area contributed by atoms with Gasteiger partial charge in [-0.25, -0.2) is 0 Å². The Morgan fingerprint density at radius 1 is 1.57 bits per heavy atom. The van der Waals surface area contributed by atoms with Crippen molar-refractivity contribution < 1.29 is 14.3 Å². The van der Waals surface area contributed by atoms with Crippen molar-refractivity contribution in [3.05, 3.63) is 23.8 Å². The highest BCUT2D eigenvalue weighted by Crippen LogP contribution is 2.17. The van der Waals surface area contributed by atoms with E-state index in [1.54, 1.807) is 12.1 Å². The largest absolute Gasteiger partial charge is 0.465 e. The molecule has 3 rings (SSSR count). The summed E-state index contributed by atoms with van der Waals surface area (Å²) in [5.41, 5.74) is 2.18. The molecule has 0 aliphatic carbocycles. The molecule has 6 nitrogen and oxygen atoms in total. The Labute approximate surface area is 122 Å². The summed E-state index contributed by atoms with van der Waals surface area (Å²) in [5, 5.41) is 2.91. The number of aromatic amines is 1. The molecule has 2 heterocycles. The van der Waals surface area contributed by atoms with E-state index in [-0.39, 0.29) is 12.0 Å². The van der Waals surface area contributed by atoms with Crippen molar-refractivity contribution in [1.29, 1.82) is 0 Å². The standard InChI is InChI=1S/C15H19N3O3/c1-2-20-15-17-12-6-5-10(8-13(12)18-15)14(19)16-9-11-4-3-7-21-11/h5-6,8,11H,2-4,7,9H2,1H3,(H,16,19)(H,17,18). The number of amides is 1. The molecule has 1 saturated heterocycles. The molecular weight excluding hydrogens is 270 g/mol. The van der Waals surface area contributed by atoms with E-state index in [0.717, 1.165) is 30.5 Å². The molecule has 6 heteroatoms. The number of aromatic nitrogens is 2. The Bertz CT molecular complexity index is 632. The minimum absolute atomic E-state index is 0.0973. The number of H-pyrrole nitrogens is 1. The van der Waals surface area contributed by atoms with E-state index in [9.17, 15) is 4.79 Å². The summed E-state index contributed by atoms with van der Waals surface area (Å²) >= 11 is 0. The molecule has 0 saturated carbocycles. The van der Waals surface area contributed by atoms with Crippen LogP contribution in [0, 0.1) is 0 Å². The molecule has 21 heavy (non-hydrogen) atoms. The van der Waals surface area contributed by atoms with E-state index in [0.29, 0.717) is 24.7 Å². The van der Waals surface area contributed by atoms with Gasteiger partial charge in [-0.3, -0.25) is 4.79 Å². The molecule has 1 amide bonds. The fourth-order valence-electron chi connectivity index (χ4n) is 2.45. The van der Waals surface area contributed by atoms with Gasteiger partial charge in [0.2, 0.25) is 0 Å². The van der Waals surface area contributed by atoms with Crippen molar-refractivity contribution in [2.75, 3.05) is 19.8 Å². The second-order valence-electron chi connectivity index (χ2n) is 5.05. The number of ether oxygens (including phenoxy) is 2. The van der Waals surface area contributed by atoms with Gasteiger partial charge in [-0.15, -0.1) is 0 Å². The van der Waals surface area contributed by atoms with Gasteiger partial charge in [-0.2, -0.15) is 4.98 Å². The lowest BCUT2D eigenvalue weighted by Crippen LogP contribution is -2.31. The van der Waals surface area contributed by atoms with Crippen LogP contribution in [0.15, 0.2) is 18.2 Å². The van der Waals surface area contributed by atoms with Crippen LogP contribution in [0.1, 0.15) is 30.1 Å². The van der Waals surface area contributed by atoms with Crippen LogP contribution in [0.25, 0.3) is 11.0 Å². The normalized spacial score (nSPS) is 18.0. The topological polar surface area (TPSA) is 76.2 Å². The van der Waals surface area contributed by atoms with Gasteiger partial charge in [0.15, 0.2) is 0 Å². The number of hydrogen-bond acceptors (Lipinski definition) is 4. The Morgan fingerprint density at radius 2 is 2.48 bits per heavy atom. The number of nitrogens with zero attached hydrogens (tertiary/aromatic N) is 1. The molecule has 0 radical (unpaired) electrons. The molecule has 1 fully saturated rings. The molecule has 0 bridgehead atoms. The quantitative estimate of drug-likeness (QED) is 0.881. The predicted molar refractivity (Wildman–Crippen MR) is 78.6 cm³/mol. The molecule has 1 atom stereocenters. The van der Waals surface area contributed by atoms with Crippen LogP contribution >= 0.6 is 0 Å². The van der Waals surface area contributed by atoms with Crippen LogP contribution in [0.2, 0.25) is 0 Å². The van der Waals surface area contributed by atoms with Gasteiger partial charge in [0.05, 0.1) is 23.7 Å². The minimum Gasteiger partial charge on any atom is -0.465 e. The van der Waals surface area contributed by atoms with Crippen LogP contribution < -0.4 is 10.1 Å². The van der Waals surface area contributed by atoms with E-state index in [1.807, 2.05) is 13.0 Å². The van der Waals surface area contributed by atoms with Crippen LogP contribution in [0.4, 0.5) is 0 Å². The maximum atomic E-state index is 12.1. The number of rotatable bonds is 5. The monoisotopic (exact) mass is 289 g/mol. The summed E-state index contributed by atoms with van der Waals surface area (Å²) in [7, 11) is 0. The van der Waals surface area contributed by atoms with Gasteiger partial charge in [0.25, 0.3) is 11.9 Å². The average Bonchev–Trinajstić information content (AvgIpc) is 3.13. The molecule has 1 aliphatic heterocycles. The molecule has 1 aliphatic rings. The van der Waals surface area contributed by atoms with Crippen molar-refractivity contribution in [3.8, 4) is 6.01 Å². The summed E-state index contributed by atoms with van der Waals surface area (Å²) in [4.78, 5) is 19.5. The first-order valence-electron chi connectivity index (χ1n) is 7.28. The molecular formula is C15H19N3O3. The number of imidazole rings is 1. The zero-order valence-corrected chi connectivity index (χ0v) is 12.0. The van der Waals surface area contributed by atoms with E-state index >= 15 is 0 Å². The first kappa shape index (κ1) is 13.9. The van der Waals surface area contributed by atoms with Crippen molar-refractivity contribution in [3.63, 3.8) is 0 Å². The second kappa shape index (κ2) is 6.13. The van der Waals surface area contributed by atoms with Gasteiger partial charge < -0.3 is 19.8 Å². The highest BCUT2D eigenvalue weighted by Gasteiger charge is 2.17. The van der Waals surface area contributed by atoms with Crippen molar-refractivity contribution in [1.82, 2.24) is 15.3 Å². The van der Waals surface area contributed by atoms with E-state index in [1.165, 1.54) is 0 Å². The Hall–Kier alpha value is -2.08. The number of benzene rings is 1. The van der Waals surface area contributed by atoms with Gasteiger partial charge in [-0.05, 0) is 38.0 Å². The highest BCUT2D eigenvalue weighted by molar-refractivity contribution is 5.97. The number of carbonyl (C=O) groups is 1. The van der Waals surface area contributed by atoms with Gasteiger partial charge in [-0.1, -0.05) is 0 Å². The summed E-state index contributed by atoms with van der Waals surface area (Å²) in [5.74, 6) is -0.0973. The number of carbonyl (C=O) groups excluding carboxylic acids is 1. The molecule has 1 unspecified atom stereocenters. The number of nitrogens with one attached hydrogen (secondary N) is 2. The lowest BCUT2D eigenvalue weighted by Gasteiger charge is -2.10. The first-order valence-corrected chi connectivity index (χ1v) is 7.28. The summed E-state index contributed by atoms with van der Waals surface area (Å²) < 4.78 is 10.8. The third-order valence-corrected chi connectivity index (χ3v) is 3.52. The third-order valence-electron chi connectivity index (χ3n) is 3.52. The van der Waals surface area contributed by atoms with Crippen molar-refractivity contribution in [2.24, 2.45) is 0 Å². The summed E-state index contributed by atoms with van der Waals surface area (Å²) in [6.45, 7) is 3.80. The van der Waals surface area contributed by atoms with E-state index in [4.69, 9.17) is 9.47 Å². The Morgan fingerprint density at radius 3 is 3.24 bits per heavy atom. The zero-order chi connectivity index (χ0) is 14.7. The average molecular weight is 289 g/mol. The van der Waals surface area contributed by atoms with E-state index in [2.05, 4.69) is 15.3 Å². The number of hydrogen-bond donors (Lipinski definition) is 2. The zero-order valence-electron chi connectivity index (χ0n) is 12.0. The fraction of sp³-hybridized carbons (Fsp3) is 0.467. The summed E-state index contributed by atoms with van der Waals surface area (Å²) in [6, 6.07) is 5.85. The minimum atomic E-state index is -0.0973. The lowest BCUT2D eigenvalue weighted by atomic mass is 10.2. The Kier molecular flexibility index (Phi) is 4.06.